The van der Waals surface area contributed by atoms with Crippen LogP contribution in [-0.2, 0) is 0 Å². The zero-order chi connectivity index (χ0) is 18.5. The summed E-state index contributed by atoms with van der Waals surface area (Å²) in [5, 5.41) is 7.35. The van der Waals surface area contributed by atoms with Gasteiger partial charge in [0.25, 0.3) is 0 Å². The number of allylic oxidation sites excluding steroid dienone is 1. The molecule has 0 saturated heterocycles. The predicted octanol–water partition coefficient (Wildman–Crippen LogP) is 6.48. The number of unbranched alkanes of at least 4 members (excludes halogenated alkanes) is 2. The molecule has 2 nitrogen and oxygen atoms in total. The van der Waals surface area contributed by atoms with E-state index in [-0.39, 0.29) is 0 Å². The van der Waals surface area contributed by atoms with E-state index in [1.54, 1.807) is 0 Å². The zero-order valence-corrected chi connectivity index (χ0v) is 17.8. The Bertz CT molecular complexity index is 313. The van der Waals surface area contributed by atoms with Crippen LogP contribution in [0, 0.1) is 17.8 Å². The van der Waals surface area contributed by atoms with Gasteiger partial charge in [-0.1, -0.05) is 79.7 Å². The maximum absolute atomic E-state index is 4.41. The monoisotopic (exact) mass is 338 g/mol. The minimum absolute atomic E-state index is 0.294. The third kappa shape index (κ3) is 9.11. The molecule has 0 heterocycles. The second-order valence-electron chi connectivity index (χ2n) is 7.81. The van der Waals surface area contributed by atoms with Gasteiger partial charge in [0, 0.05) is 17.7 Å². The second kappa shape index (κ2) is 13.8. The first-order valence-electron chi connectivity index (χ1n) is 10.6. The molecular formula is C22H46N2. The summed E-state index contributed by atoms with van der Waals surface area (Å²) in [7, 11) is 0. The molecule has 0 bridgehead atoms. The summed E-state index contributed by atoms with van der Waals surface area (Å²) in [6.45, 7) is 20.6. The molecule has 144 valence electrons. The first kappa shape index (κ1) is 23.5. The van der Waals surface area contributed by atoms with Crippen LogP contribution in [-0.4, -0.2) is 12.2 Å². The predicted molar refractivity (Wildman–Crippen MR) is 110 cm³/mol. The lowest BCUT2D eigenvalue weighted by Crippen LogP contribution is -2.45. The molecule has 0 fully saturated rings. The molecule has 2 N–H and O–H groups in total. The van der Waals surface area contributed by atoms with Crippen LogP contribution in [0.1, 0.15) is 99.8 Å². The number of hydrogen-bond acceptors (Lipinski definition) is 2. The van der Waals surface area contributed by atoms with Crippen LogP contribution in [0.15, 0.2) is 12.3 Å². The van der Waals surface area contributed by atoms with Crippen LogP contribution in [0.3, 0.4) is 0 Å². The van der Waals surface area contributed by atoms with Crippen LogP contribution in [0.5, 0.6) is 0 Å². The molecule has 0 spiro atoms. The average molecular weight is 339 g/mol. The highest BCUT2D eigenvalue weighted by molar-refractivity contribution is 5.02. The summed E-state index contributed by atoms with van der Waals surface area (Å²) >= 11 is 0. The quantitative estimate of drug-likeness (QED) is 0.264. The summed E-state index contributed by atoms with van der Waals surface area (Å²) in [4.78, 5) is 0. The topological polar surface area (TPSA) is 24.1 Å². The van der Waals surface area contributed by atoms with Crippen molar-refractivity contribution in [1.82, 2.24) is 10.6 Å². The highest BCUT2D eigenvalue weighted by Crippen LogP contribution is 2.33. The van der Waals surface area contributed by atoms with Crippen molar-refractivity contribution in [1.29, 1.82) is 0 Å². The molecule has 2 heteroatoms. The van der Waals surface area contributed by atoms with Gasteiger partial charge in [-0.3, -0.25) is 5.32 Å². The largest absolute Gasteiger partial charge is 0.374 e. The molecule has 24 heavy (non-hydrogen) atoms. The summed E-state index contributed by atoms with van der Waals surface area (Å²) in [6.07, 6.45) is 10.5. The van der Waals surface area contributed by atoms with Crippen molar-refractivity contribution in [3.8, 4) is 0 Å². The minimum atomic E-state index is 0.294. The minimum Gasteiger partial charge on any atom is -0.374 e. The van der Waals surface area contributed by atoms with E-state index in [1.165, 1.54) is 57.1 Å². The van der Waals surface area contributed by atoms with Gasteiger partial charge in [0.1, 0.15) is 0 Å². The van der Waals surface area contributed by atoms with E-state index in [1.807, 2.05) is 0 Å². The molecule has 4 unspecified atom stereocenters. The second-order valence-corrected chi connectivity index (χ2v) is 7.81. The molecule has 0 radical (unpaired) electrons. The first-order valence-corrected chi connectivity index (χ1v) is 10.6. The number of rotatable bonds is 15. The fourth-order valence-electron chi connectivity index (χ4n) is 4.20. The molecule has 0 aliphatic heterocycles. The maximum atomic E-state index is 4.41. The van der Waals surface area contributed by atoms with Crippen molar-refractivity contribution >= 4 is 0 Å². The third-order valence-electron chi connectivity index (χ3n) is 5.53. The molecule has 0 aromatic rings. The lowest BCUT2D eigenvalue weighted by atomic mass is 9.76. The Kier molecular flexibility index (Phi) is 13.5. The zero-order valence-electron chi connectivity index (χ0n) is 17.8. The van der Waals surface area contributed by atoms with E-state index in [0.29, 0.717) is 18.1 Å². The van der Waals surface area contributed by atoms with Gasteiger partial charge >= 0.3 is 0 Å². The smallest absolute Gasteiger partial charge is 0.0738 e. The van der Waals surface area contributed by atoms with Gasteiger partial charge in [0.15, 0.2) is 0 Å². The Labute approximate surface area is 153 Å². The molecule has 0 aliphatic carbocycles. The van der Waals surface area contributed by atoms with E-state index in [2.05, 4.69) is 65.7 Å². The Morgan fingerprint density at radius 1 is 0.875 bits per heavy atom. The standard InChI is InChI=1S/C22H46N2/c1-9-13-14-16-18(6)23-20(8)24-19(7)22(12-4)21(11-3)17(5)15-10-2/h17-18,20-24H,7,9-16H2,1-6,8H3/t17?,18-,20?,21?,22?/m0/s1. The normalized spacial score (nSPS) is 17.8. The van der Waals surface area contributed by atoms with Gasteiger partial charge < -0.3 is 5.32 Å². The fourth-order valence-corrected chi connectivity index (χ4v) is 4.20. The molecule has 5 atom stereocenters. The lowest BCUT2D eigenvalue weighted by Gasteiger charge is -2.34. The number of nitrogens with one attached hydrogen (secondary N) is 2. The van der Waals surface area contributed by atoms with Gasteiger partial charge in [-0.05, 0) is 38.5 Å². The average Bonchev–Trinajstić information content (AvgIpc) is 2.52. The highest BCUT2D eigenvalue weighted by atomic mass is 15.1. The van der Waals surface area contributed by atoms with E-state index in [0.717, 1.165) is 11.8 Å². The van der Waals surface area contributed by atoms with Crippen LogP contribution < -0.4 is 10.6 Å². The molecule has 0 saturated carbocycles. The third-order valence-corrected chi connectivity index (χ3v) is 5.53. The van der Waals surface area contributed by atoms with Crippen LogP contribution >= 0.6 is 0 Å². The molecule has 0 aromatic heterocycles. The molecule has 0 amide bonds. The molecule has 0 aromatic carbocycles. The van der Waals surface area contributed by atoms with Crippen LogP contribution in [0.4, 0.5) is 0 Å². The summed E-state index contributed by atoms with van der Waals surface area (Å²) < 4.78 is 0. The van der Waals surface area contributed by atoms with Crippen molar-refractivity contribution in [2.75, 3.05) is 0 Å². The van der Waals surface area contributed by atoms with E-state index >= 15 is 0 Å². The van der Waals surface area contributed by atoms with Crippen LogP contribution in [0.2, 0.25) is 0 Å². The van der Waals surface area contributed by atoms with E-state index < -0.39 is 0 Å². The molecule has 0 rings (SSSR count). The van der Waals surface area contributed by atoms with Crippen LogP contribution in [0.25, 0.3) is 0 Å². The molecular weight excluding hydrogens is 292 g/mol. The van der Waals surface area contributed by atoms with Gasteiger partial charge in [0.05, 0.1) is 6.17 Å². The van der Waals surface area contributed by atoms with E-state index in [4.69, 9.17) is 0 Å². The Balaban J connectivity index is 4.51. The van der Waals surface area contributed by atoms with Crippen molar-refractivity contribution in [3.05, 3.63) is 12.3 Å². The van der Waals surface area contributed by atoms with Crippen molar-refractivity contribution in [3.63, 3.8) is 0 Å². The first-order chi connectivity index (χ1) is 11.4. The van der Waals surface area contributed by atoms with Gasteiger partial charge in [-0.25, -0.2) is 0 Å². The Morgan fingerprint density at radius 2 is 1.54 bits per heavy atom. The Hall–Kier alpha value is -0.500. The lowest BCUT2D eigenvalue weighted by molar-refractivity contribution is 0.229. The SMILES string of the molecule is C=C(NC(C)N[C@@H](C)CCCCC)C(CC)C(CC)C(C)CCC. The Morgan fingerprint density at radius 3 is 2.04 bits per heavy atom. The summed E-state index contributed by atoms with van der Waals surface area (Å²) in [6, 6.07) is 0.563. The molecule has 0 aliphatic rings. The van der Waals surface area contributed by atoms with Gasteiger partial charge in [0.2, 0.25) is 0 Å². The van der Waals surface area contributed by atoms with Crippen molar-refractivity contribution < 1.29 is 0 Å². The summed E-state index contributed by atoms with van der Waals surface area (Å²) in [5.74, 6) is 2.10. The highest BCUT2D eigenvalue weighted by Gasteiger charge is 2.26. The van der Waals surface area contributed by atoms with Crippen molar-refractivity contribution in [2.24, 2.45) is 17.8 Å². The summed E-state index contributed by atoms with van der Waals surface area (Å²) in [5.41, 5.74) is 1.23. The fraction of sp³-hybridized carbons (Fsp3) is 0.909. The number of hydrogen-bond donors (Lipinski definition) is 2. The van der Waals surface area contributed by atoms with Gasteiger partial charge in [-0.15, -0.1) is 0 Å². The van der Waals surface area contributed by atoms with E-state index in [9.17, 15) is 0 Å². The van der Waals surface area contributed by atoms with Crippen molar-refractivity contribution in [2.45, 2.75) is 112 Å². The van der Waals surface area contributed by atoms with Gasteiger partial charge in [-0.2, -0.15) is 0 Å². The maximum Gasteiger partial charge on any atom is 0.0738 e.